The van der Waals surface area contributed by atoms with Crippen molar-refractivity contribution < 1.29 is 18.7 Å². The van der Waals surface area contributed by atoms with Crippen molar-refractivity contribution >= 4 is 11.7 Å². The number of phenols is 1. The summed E-state index contributed by atoms with van der Waals surface area (Å²) in [6.07, 6.45) is 0.705. The molecule has 4 nitrogen and oxygen atoms in total. The monoisotopic (exact) mass is 300 g/mol. The summed E-state index contributed by atoms with van der Waals surface area (Å²) in [5.41, 5.74) is -0.815. The molecule has 21 heavy (non-hydrogen) atoms. The Bertz CT molecular complexity index is 537. The van der Waals surface area contributed by atoms with E-state index in [1.807, 2.05) is 34.6 Å². The van der Waals surface area contributed by atoms with E-state index in [1.54, 1.807) is 0 Å². The van der Waals surface area contributed by atoms with Gasteiger partial charge in [-0.15, -0.1) is 0 Å². The molecule has 2 amide bonds. The molecule has 1 rings (SSSR count). The van der Waals surface area contributed by atoms with Crippen molar-refractivity contribution in [2.45, 2.75) is 46.6 Å². The van der Waals surface area contributed by atoms with Gasteiger partial charge in [0.2, 0.25) is 0 Å². The van der Waals surface area contributed by atoms with Crippen molar-refractivity contribution in [3.8, 4) is 5.75 Å². The summed E-state index contributed by atoms with van der Waals surface area (Å²) in [5, 5.41) is 14.4. The predicted molar refractivity (Wildman–Crippen MR) is 78.3 cm³/mol. The minimum absolute atomic E-state index is 0.00385. The second-order valence-corrected chi connectivity index (χ2v) is 6.98. The highest BCUT2D eigenvalue weighted by atomic mass is 19.1. The molecule has 0 saturated heterocycles. The number of urea groups is 1. The number of carbonyl (C=O) groups is 1. The first-order valence-corrected chi connectivity index (χ1v) is 6.67. The Kier molecular flexibility index (Phi) is 4.81. The van der Waals surface area contributed by atoms with Crippen LogP contribution in [0.4, 0.5) is 19.3 Å². The van der Waals surface area contributed by atoms with Crippen molar-refractivity contribution in [2.75, 3.05) is 5.32 Å². The van der Waals surface area contributed by atoms with Crippen molar-refractivity contribution in [3.63, 3.8) is 0 Å². The number of carbonyl (C=O) groups excluding carboxylic acids is 1. The average Bonchev–Trinajstić information content (AvgIpc) is 2.20. The third-order valence-electron chi connectivity index (χ3n) is 2.70. The third kappa shape index (κ3) is 5.57. The van der Waals surface area contributed by atoms with Gasteiger partial charge in [-0.05, 0) is 25.7 Å². The van der Waals surface area contributed by atoms with Crippen LogP contribution in [-0.2, 0) is 0 Å². The molecule has 3 N–H and O–H groups in total. The van der Waals surface area contributed by atoms with Gasteiger partial charge in [-0.3, -0.25) is 0 Å². The van der Waals surface area contributed by atoms with Crippen LogP contribution in [0.1, 0.15) is 41.0 Å². The fraction of sp³-hybridized carbons (Fsp3) is 0.533. The second-order valence-electron chi connectivity index (χ2n) is 6.98. The quantitative estimate of drug-likeness (QED) is 0.739. The zero-order chi connectivity index (χ0) is 16.4. The first kappa shape index (κ1) is 17.2. The Hall–Kier alpha value is -1.85. The summed E-state index contributed by atoms with van der Waals surface area (Å²) in [6.45, 7) is 9.83. The molecule has 0 bridgehead atoms. The summed E-state index contributed by atoms with van der Waals surface area (Å²) in [5.74, 6) is -2.80. The number of hydrogen-bond donors (Lipinski definition) is 3. The molecule has 6 heteroatoms. The van der Waals surface area contributed by atoms with Crippen LogP contribution in [0.2, 0.25) is 0 Å². The number of amides is 2. The van der Waals surface area contributed by atoms with Crippen LogP contribution in [0.25, 0.3) is 0 Å². The molecular formula is C15H22F2N2O2. The van der Waals surface area contributed by atoms with Gasteiger partial charge in [0.25, 0.3) is 0 Å². The van der Waals surface area contributed by atoms with Crippen LogP contribution < -0.4 is 10.6 Å². The van der Waals surface area contributed by atoms with Crippen LogP contribution in [-0.4, -0.2) is 16.7 Å². The fourth-order valence-corrected chi connectivity index (χ4v) is 2.49. The average molecular weight is 300 g/mol. The van der Waals surface area contributed by atoms with E-state index in [1.165, 1.54) is 0 Å². The molecular weight excluding hydrogens is 278 g/mol. The van der Waals surface area contributed by atoms with Crippen molar-refractivity contribution in [3.05, 3.63) is 23.8 Å². The first-order valence-electron chi connectivity index (χ1n) is 6.67. The van der Waals surface area contributed by atoms with Gasteiger partial charge in [-0.2, -0.15) is 0 Å². The highest BCUT2D eigenvalue weighted by Gasteiger charge is 2.27. The minimum Gasteiger partial charge on any atom is -0.503 e. The molecule has 0 saturated carbocycles. The SMILES string of the molecule is CC(C)(C)CC(C)(C)NC(=O)Nc1cc(F)cc(F)c1O. The molecule has 0 fully saturated rings. The number of rotatable bonds is 3. The van der Waals surface area contributed by atoms with Crippen LogP contribution in [0.15, 0.2) is 12.1 Å². The second kappa shape index (κ2) is 5.87. The van der Waals surface area contributed by atoms with E-state index in [4.69, 9.17) is 0 Å². The highest BCUT2D eigenvalue weighted by Crippen LogP contribution is 2.29. The number of nitrogens with one attached hydrogen (secondary N) is 2. The number of halogens is 2. The van der Waals surface area contributed by atoms with Crippen LogP contribution in [0.5, 0.6) is 5.75 Å². The topological polar surface area (TPSA) is 61.4 Å². The van der Waals surface area contributed by atoms with Crippen LogP contribution in [0.3, 0.4) is 0 Å². The lowest BCUT2D eigenvalue weighted by molar-refractivity contribution is 0.220. The predicted octanol–water partition coefficient (Wildman–Crippen LogP) is 4.01. The van der Waals surface area contributed by atoms with E-state index in [2.05, 4.69) is 10.6 Å². The number of benzene rings is 1. The lowest BCUT2D eigenvalue weighted by atomic mass is 9.82. The molecule has 0 aliphatic rings. The molecule has 0 aliphatic heterocycles. The van der Waals surface area contributed by atoms with E-state index in [9.17, 15) is 18.7 Å². The van der Waals surface area contributed by atoms with E-state index in [0.717, 1.165) is 6.07 Å². The Morgan fingerprint density at radius 2 is 1.76 bits per heavy atom. The lowest BCUT2D eigenvalue weighted by Gasteiger charge is -2.33. The minimum atomic E-state index is -1.13. The van der Waals surface area contributed by atoms with E-state index >= 15 is 0 Å². The number of anilines is 1. The maximum absolute atomic E-state index is 13.2. The summed E-state index contributed by atoms with van der Waals surface area (Å²) in [6, 6.07) is 0.765. The van der Waals surface area contributed by atoms with Gasteiger partial charge in [0, 0.05) is 17.7 Å². The Labute approximate surface area is 123 Å². The van der Waals surface area contributed by atoms with Crippen LogP contribution in [0, 0.1) is 17.0 Å². The van der Waals surface area contributed by atoms with Gasteiger partial charge in [-0.25, -0.2) is 13.6 Å². The lowest BCUT2D eigenvalue weighted by Crippen LogP contribution is -2.47. The van der Waals surface area contributed by atoms with Crippen molar-refractivity contribution in [1.82, 2.24) is 5.32 Å². The van der Waals surface area contributed by atoms with Gasteiger partial charge in [-0.1, -0.05) is 20.8 Å². The largest absolute Gasteiger partial charge is 0.503 e. The molecule has 1 aromatic carbocycles. The molecule has 0 aliphatic carbocycles. The van der Waals surface area contributed by atoms with Crippen molar-refractivity contribution in [1.29, 1.82) is 0 Å². The number of aromatic hydroxyl groups is 1. The van der Waals surface area contributed by atoms with Gasteiger partial charge in [0.05, 0.1) is 5.69 Å². The first-order chi connectivity index (χ1) is 9.39. The smallest absolute Gasteiger partial charge is 0.319 e. The standard InChI is InChI=1S/C15H22F2N2O2/c1-14(2,3)8-15(4,5)19-13(21)18-11-7-9(16)6-10(17)12(11)20/h6-7,20H,8H2,1-5H3,(H2,18,19,21). The Morgan fingerprint density at radius 3 is 2.29 bits per heavy atom. The molecule has 0 heterocycles. The third-order valence-corrected chi connectivity index (χ3v) is 2.70. The van der Waals surface area contributed by atoms with Crippen molar-refractivity contribution in [2.24, 2.45) is 5.41 Å². The van der Waals surface area contributed by atoms with Gasteiger partial charge < -0.3 is 15.7 Å². The zero-order valence-electron chi connectivity index (χ0n) is 13.0. The summed E-state index contributed by atoms with van der Waals surface area (Å²) in [4.78, 5) is 11.9. The summed E-state index contributed by atoms with van der Waals surface area (Å²) >= 11 is 0. The van der Waals surface area contributed by atoms with Gasteiger partial charge in [0.15, 0.2) is 11.6 Å². The van der Waals surface area contributed by atoms with Gasteiger partial charge in [0.1, 0.15) is 5.82 Å². The maximum Gasteiger partial charge on any atom is 0.319 e. The fourth-order valence-electron chi connectivity index (χ4n) is 2.49. The maximum atomic E-state index is 13.2. The molecule has 0 atom stereocenters. The molecule has 1 aromatic rings. The zero-order valence-corrected chi connectivity index (χ0v) is 13.0. The highest BCUT2D eigenvalue weighted by molar-refractivity contribution is 5.91. The normalized spacial score (nSPS) is 12.1. The molecule has 0 radical (unpaired) electrons. The van der Waals surface area contributed by atoms with E-state index in [-0.39, 0.29) is 11.1 Å². The van der Waals surface area contributed by atoms with E-state index in [0.29, 0.717) is 12.5 Å². The number of hydrogen-bond acceptors (Lipinski definition) is 2. The molecule has 118 valence electrons. The molecule has 0 aromatic heterocycles. The summed E-state index contributed by atoms with van der Waals surface area (Å²) < 4.78 is 26.3. The molecule has 0 spiro atoms. The van der Waals surface area contributed by atoms with E-state index < -0.39 is 29.0 Å². The summed E-state index contributed by atoms with van der Waals surface area (Å²) in [7, 11) is 0. The number of phenolic OH excluding ortho intramolecular Hbond substituents is 1. The Morgan fingerprint density at radius 1 is 1.19 bits per heavy atom. The molecule has 0 unspecified atom stereocenters. The Balaban J connectivity index is 2.79. The van der Waals surface area contributed by atoms with Crippen LogP contribution >= 0.6 is 0 Å². The van der Waals surface area contributed by atoms with Gasteiger partial charge >= 0.3 is 6.03 Å².